The number of amides is 1. The Bertz CT molecular complexity index is 792. The number of aromatic nitrogens is 2. The highest BCUT2D eigenvalue weighted by Crippen LogP contribution is 2.51. The molecule has 0 radical (unpaired) electrons. The van der Waals surface area contributed by atoms with Crippen molar-refractivity contribution in [2.45, 2.75) is 56.3 Å². The van der Waals surface area contributed by atoms with Crippen molar-refractivity contribution in [2.75, 3.05) is 0 Å². The highest BCUT2D eigenvalue weighted by Gasteiger charge is 2.63. The van der Waals surface area contributed by atoms with Gasteiger partial charge in [0, 0.05) is 25.2 Å². The third kappa shape index (κ3) is 2.52. The molecule has 1 aromatic carbocycles. The van der Waals surface area contributed by atoms with E-state index in [0.717, 1.165) is 24.1 Å². The predicted octanol–water partition coefficient (Wildman–Crippen LogP) is 2.61. The Labute approximate surface area is 152 Å². The highest BCUT2D eigenvalue weighted by atomic mass is 16.6. The SMILES string of the molecule is O=C1N2C(CCC2c2cnccn2)OC12CC(OCc1ccccc1)C2. The van der Waals surface area contributed by atoms with Gasteiger partial charge in [-0.2, -0.15) is 0 Å². The van der Waals surface area contributed by atoms with E-state index in [9.17, 15) is 4.79 Å². The molecular weight excluding hydrogens is 330 g/mol. The second-order valence-electron chi connectivity index (χ2n) is 7.33. The van der Waals surface area contributed by atoms with E-state index in [-0.39, 0.29) is 24.3 Å². The lowest BCUT2D eigenvalue weighted by Crippen LogP contribution is -2.54. The Hall–Kier alpha value is -2.31. The first-order valence-corrected chi connectivity index (χ1v) is 9.17. The Morgan fingerprint density at radius 2 is 2.04 bits per heavy atom. The number of rotatable bonds is 4. The van der Waals surface area contributed by atoms with Crippen molar-refractivity contribution in [1.29, 1.82) is 0 Å². The molecule has 26 heavy (non-hydrogen) atoms. The van der Waals surface area contributed by atoms with Crippen LogP contribution in [0.2, 0.25) is 0 Å². The van der Waals surface area contributed by atoms with Crippen LogP contribution in [0.3, 0.4) is 0 Å². The number of nitrogens with zero attached hydrogens (tertiary/aromatic N) is 3. The summed E-state index contributed by atoms with van der Waals surface area (Å²) in [5, 5.41) is 0. The van der Waals surface area contributed by atoms with Gasteiger partial charge in [0.15, 0.2) is 5.60 Å². The summed E-state index contributed by atoms with van der Waals surface area (Å²) in [4.78, 5) is 23.5. The molecule has 3 heterocycles. The van der Waals surface area contributed by atoms with Crippen molar-refractivity contribution in [3.05, 3.63) is 60.2 Å². The summed E-state index contributed by atoms with van der Waals surface area (Å²) in [6, 6.07) is 10.1. The van der Waals surface area contributed by atoms with Crippen LogP contribution in [0.15, 0.2) is 48.9 Å². The summed E-state index contributed by atoms with van der Waals surface area (Å²) in [5.74, 6) is 0.0928. The molecule has 1 saturated carbocycles. The van der Waals surface area contributed by atoms with E-state index < -0.39 is 5.60 Å². The van der Waals surface area contributed by atoms with Gasteiger partial charge in [-0.25, -0.2) is 0 Å². The molecule has 1 aliphatic carbocycles. The zero-order valence-electron chi connectivity index (χ0n) is 14.5. The third-order valence-corrected chi connectivity index (χ3v) is 5.69. The zero-order valence-corrected chi connectivity index (χ0v) is 14.5. The Morgan fingerprint density at radius 1 is 1.19 bits per heavy atom. The van der Waals surface area contributed by atoms with Crippen molar-refractivity contribution < 1.29 is 14.3 Å². The van der Waals surface area contributed by atoms with Gasteiger partial charge in [-0.15, -0.1) is 0 Å². The summed E-state index contributed by atoms with van der Waals surface area (Å²) in [6.45, 7) is 0.575. The fourth-order valence-corrected chi connectivity index (χ4v) is 4.34. The maximum atomic E-state index is 13.1. The third-order valence-electron chi connectivity index (χ3n) is 5.69. The van der Waals surface area contributed by atoms with E-state index in [1.165, 1.54) is 0 Å². The summed E-state index contributed by atoms with van der Waals surface area (Å²) in [7, 11) is 0. The smallest absolute Gasteiger partial charge is 0.257 e. The van der Waals surface area contributed by atoms with Crippen LogP contribution in [-0.4, -0.2) is 38.7 Å². The normalized spacial score (nSPS) is 32.7. The van der Waals surface area contributed by atoms with Gasteiger partial charge in [0.25, 0.3) is 5.91 Å². The van der Waals surface area contributed by atoms with Crippen molar-refractivity contribution in [3.8, 4) is 0 Å². The molecule has 1 aromatic heterocycles. The van der Waals surface area contributed by atoms with Crippen LogP contribution in [0.25, 0.3) is 0 Å². The number of ether oxygens (including phenoxy) is 2. The molecule has 2 aliphatic heterocycles. The van der Waals surface area contributed by atoms with Crippen LogP contribution in [0.4, 0.5) is 0 Å². The summed E-state index contributed by atoms with van der Waals surface area (Å²) in [6.07, 6.45) is 8.02. The van der Waals surface area contributed by atoms with E-state index in [4.69, 9.17) is 9.47 Å². The van der Waals surface area contributed by atoms with Gasteiger partial charge in [-0.3, -0.25) is 14.8 Å². The van der Waals surface area contributed by atoms with Crippen molar-refractivity contribution >= 4 is 5.91 Å². The van der Waals surface area contributed by atoms with Gasteiger partial charge in [-0.1, -0.05) is 30.3 Å². The second-order valence-corrected chi connectivity index (χ2v) is 7.33. The Balaban J connectivity index is 1.24. The minimum Gasteiger partial charge on any atom is -0.373 e. The van der Waals surface area contributed by atoms with E-state index in [1.54, 1.807) is 18.6 Å². The van der Waals surface area contributed by atoms with Gasteiger partial charge >= 0.3 is 0 Å². The first kappa shape index (κ1) is 15.9. The average Bonchev–Trinajstić information content (AvgIpc) is 3.19. The summed E-state index contributed by atoms with van der Waals surface area (Å²) >= 11 is 0. The first-order chi connectivity index (χ1) is 12.8. The average molecular weight is 351 g/mol. The molecule has 6 heteroatoms. The molecule has 1 amide bonds. The fraction of sp³-hybridized carbons (Fsp3) is 0.450. The minimum atomic E-state index is -0.688. The van der Waals surface area contributed by atoms with E-state index >= 15 is 0 Å². The van der Waals surface area contributed by atoms with Crippen LogP contribution in [-0.2, 0) is 20.9 Å². The summed E-state index contributed by atoms with van der Waals surface area (Å²) < 4.78 is 12.2. The molecule has 0 bridgehead atoms. The van der Waals surface area contributed by atoms with Crippen molar-refractivity contribution in [1.82, 2.24) is 14.9 Å². The molecule has 6 nitrogen and oxygen atoms in total. The molecule has 2 unspecified atom stereocenters. The fourth-order valence-electron chi connectivity index (χ4n) is 4.34. The standard InChI is InChI=1S/C20H21N3O3/c24-19-20(10-15(11-20)25-13-14-4-2-1-3-5-14)26-18-7-6-17(23(18)19)16-12-21-8-9-22-16/h1-5,8-9,12,15,17-18H,6-7,10-11,13H2. The molecule has 2 saturated heterocycles. The van der Waals surface area contributed by atoms with Crippen LogP contribution < -0.4 is 0 Å². The maximum Gasteiger partial charge on any atom is 0.257 e. The monoisotopic (exact) mass is 351 g/mol. The lowest BCUT2D eigenvalue weighted by atomic mass is 9.76. The van der Waals surface area contributed by atoms with E-state index in [0.29, 0.717) is 19.4 Å². The lowest BCUT2D eigenvalue weighted by molar-refractivity contribution is -0.177. The Morgan fingerprint density at radius 3 is 2.81 bits per heavy atom. The van der Waals surface area contributed by atoms with Crippen LogP contribution in [0.5, 0.6) is 0 Å². The maximum absolute atomic E-state index is 13.1. The number of fused-ring (bicyclic) bond motifs is 1. The Kier molecular flexibility index (Phi) is 3.76. The van der Waals surface area contributed by atoms with E-state index in [1.807, 2.05) is 35.2 Å². The topological polar surface area (TPSA) is 64.6 Å². The molecule has 5 rings (SSSR count). The first-order valence-electron chi connectivity index (χ1n) is 9.17. The van der Waals surface area contributed by atoms with Gasteiger partial charge in [0.05, 0.1) is 30.6 Å². The molecular formula is C20H21N3O3. The number of hydrogen-bond donors (Lipinski definition) is 0. The van der Waals surface area contributed by atoms with Crippen molar-refractivity contribution in [2.24, 2.45) is 0 Å². The van der Waals surface area contributed by atoms with Crippen LogP contribution in [0.1, 0.15) is 43.0 Å². The largest absolute Gasteiger partial charge is 0.373 e. The number of hydrogen-bond acceptors (Lipinski definition) is 5. The molecule has 2 aromatic rings. The quantitative estimate of drug-likeness (QED) is 0.847. The van der Waals surface area contributed by atoms with Gasteiger partial charge in [-0.05, 0) is 18.4 Å². The molecule has 3 fully saturated rings. The van der Waals surface area contributed by atoms with E-state index in [2.05, 4.69) is 9.97 Å². The van der Waals surface area contributed by atoms with Crippen LogP contribution in [0, 0.1) is 0 Å². The second kappa shape index (κ2) is 6.14. The lowest BCUT2D eigenvalue weighted by Gasteiger charge is -2.42. The molecule has 2 atom stereocenters. The number of benzene rings is 1. The van der Waals surface area contributed by atoms with Crippen LogP contribution >= 0.6 is 0 Å². The van der Waals surface area contributed by atoms with Gasteiger partial charge < -0.3 is 14.4 Å². The van der Waals surface area contributed by atoms with Crippen molar-refractivity contribution in [3.63, 3.8) is 0 Å². The molecule has 0 N–H and O–H groups in total. The van der Waals surface area contributed by atoms with Gasteiger partial charge in [0.2, 0.25) is 0 Å². The zero-order chi connectivity index (χ0) is 17.6. The molecule has 1 spiro atoms. The van der Waals surface area contributed by atoms with Gasteiger partial charge in [0.1, 0.15) is 6.23 Å². The number of carbonyl (C=O) groups excluding carboxylic acids is 1. The number of carbonyl (C=O) groups is 1. The minimum absolute atomic E-state index is 0.0233. The highest BCUT2D eigenvalue weighted by molar-refractivity contribution is 5.89. The predicted molar refractivity (Wildman–Crippen MR) is 92.7 cm³/mol. The molecule has 3 aliphatic rings. The summed E-state index contributed by atoms with van der Waals surface area (Å²) in [5.41, 5.74) is 1.31. The molecule has 134 valence electrons.